The molecule has 0 spiro atoms. The molecule has 3 nitrogen and oxygen atoms in total. The summed E-state index contributed by atoms with van der Waals surface area (Å²) in [5.41, 5.74) is 1.00. The van der Waals surface area contributed by atoms with Crippen LogP contribution in [0, 0.1) is 0 Å². The van der Waals surface area contributed by atoms with Crippen LogP contribution in [-0.4, -0.2) is 17.6 Å². The zero-order valence-electron chi connectivity index (χ0n) is 9.31. The number of rotatable bonds is 4. The molecule has 86 valence electrons. The number of nitrogens with zero attached hydrogens (tertiary/aromatic N) is 1. The highest BCUT2D eigenvalue weighted by molar-refractivity contribution is 6.29. The normalized spacial score (nSPS) is 12.7. The molecular weight excluding hydrogens is 226 g/mol. The monoisotopic (exact) mass is 239 g/mol. The number of esters is 1. The highest BCUT2D eigenvalue weighted by Crippen LogP contribution is 2.16. The van der Waals surface area contributed by atoms with Gasteiger partial charge in [-0.05, 0) is 18.6 Å². The molecule has 1 aromatic heterocycles. The van der Waals surface area contributed by atoms with Gasteiger partial charge in [-0.3, -0.25) is 0 Å². The van der Waals surface area contributed by atoms with E-state index in [9.17, 15) is 4.79 Å². The first-order valence-corrected chi connectivity index (χ1v) is 5.47. The van der Waals surface area contributed by atoms with Gasteiger partial charge in [0.2, 0.25) is 0 Å². The molecule has 16 heavy (non-hydrogen) atoms. The maximum atomic E-state index is 11.1. The van der Waals surface area contributed by atoms with Gasteiger partial charge < -0.3 is 4.74 Å². The van der Waals surface area contributed by atoms with Crippen molar-refractivity contribution in [3.8, 4) is 0 Å². The summed E-state index contributed by atoms with van der Waals surface area (Å²) in [6.07, 6.45) is 4.91. The average molecular weight is 240 g/mol. The number of ether oxygens (including phenoxy) is 1. The van der Waals surface area contributed by atoms with E-state index in [0.717, 1.165) is 5.56 Å². The van der Waals surface area contributed by atoms with Crippen molar-refractivity contribution in [1.82, 2.24) is 4.98 Å². The molecule has 1 aromatic rings. The molecule has 1 atom stereocenters. The minimum absolute atomic E-state index is 0.106. The number of hydrogen-bond acceptors (Lipinski definition) is 3. The lowest BCUT2D eigenvalue weighted by molar-refractivity contribution is -0.137. The zero-order chi connectivity index (χ0) is 12.0. The minimum atomic E-state index is -0.323. The van der Waals surface area contributed by atoms with E-state index in [1.165, 1.54) is 6.08 Å². The maximum Gasteiger partial charge on any atom is 0.330 e. The van der Waals surface area contributed by atoms with Gasteiger partial charge in [-0.25, -0.2) is 9.78 Å². The Labute approximate surface area is 100 Å². The van der Waals surface area contributed by atoms with Crippen LogP contribution in [0.25, 0.3) is 0 Å². The summed E-state index contributed by atoms with van der Waals surface area (Å²) in [6, 6.07) is 3.61. The first-order valence-electron chi connectivity index (χ1n) is 5.10. The number of aromatic nitrogens is 1. The molecule has 0 N–H and O–H groups in total. The Hall–Kier alpha value is -1.35. The Balaban J connectivity index is 2.61. The second kappa shape index (κ2) is 6.28. The van der Waals surface area contributed by atoms with Crippen molar-refractivity contribution < 1.29 is 9.53 Å². The fraction of sp³-hybridized carbons (Fsp3) is 0.333. The van der Waals surface area contributed by atoms with E-state index in [1.807, 2.05) is 13.0 Å². The van der Waals surface area contributed by atoms with Gasteiger partial charge in [0, 0.05) is 18.2 Å². The Bertz CT molecular complexity index is 373. The predicted octanol–water partition coefficient (Wildman–Crippen LogP) is 2.96. The highest BCUT2D eigenvalue weighted by Gasteiger charge is 2.03. The van der Waals surface area contributed by atoms with Gasteiger partial charge in [-0.15, -0.1) is 0 Å². The van der Waals surface area contributed by atoms with Crippen LogP contribution in [-0.2, 0) is 9.53 Å². The molecule has 0 unspecified atom stereocenters. The number of allylic oxidation sites excluding steroid dienone is 1. The molecule has 1 heterocycles. The molecule has 0 fully saturated rings. The molecule has 0 aliphatic heterocycles. The molecule has 0 aromatic carbocycles. The molecular formula is C12H14ClNO2. The van der Waals surface area contributed by atoms with E-state index in [0.29, 0.717) is 11.8 Å². The SMILES string of the molecule is CCOC(=O)/C=C\[C@H](C)c1ccc(Cl)nc1. The van der Waals surface area contributed by atoms with Gasteiger partial charge in [0.05, 0.1) is 6.61 Å². The predicted molar refractivity (Wildman–Crippen MR) is 63.4 cm³/mol. The van der Waals surface area contributed by atoms with Crippen LogP contribution in [0.3, 0.4) is 0 Å². The van der Waals surface area contributed by atoms with Crippen LogP contribution in [0.1, 0.15) is 25.3 Å². The Kier molecular flexibility index (Phi) is 4.99. The van der Waals surface area contributed by atoms with Gasteiger partial charge in [0.25, 0.3) is 0 Å². The van der Waals surface area contributed by atoms with E-state index >= 15 is 0 Å². The maximum absolute atomic E-state index is 11.1. The summed E-state index contributed by atoms with van der Waals surface area (Å²) >= 11 is 5.68. The number of carbonyl (C=O) groups excluding carboxylic acids is 1. The Morgan fingerprint density at radius 2 is 2.38 bits per heavy atom. The zero-order valence-corrected chi connectivity index (χ0v) is 10.1. The summed E-state index contributed by atoms with van der Waals surface area (Å²) in [4.78, 5) is 15.1. The Morgan fingerprint density at radius 1 is 1.62 bits per heavy atom. The van der Waals surface area contributed by atoms with E-state index in [1.54, 1.807) is 25.3 Å². The molecule has 0 saturated heterocycles. The van der Waals surface area contributed by atoms with E-state index in [-0.39, 0.29) is 11.9 Å². The lowest BCUT2D eigenvalue weighted by Gasteiger charge is -2.05. The first kappa shape index (κ1) is 12.7. The molecule has 0 aliphatic carbocycles. The number of hydrogen-bond donors (Lipinski definition) is 0. The van der Waals surface area contributed by atoms with Gasteiger partial charge in [0.15, 0.2) is 0 Å². The summed E-state index contributed by atoms with van der Waals surface area (Å²) < 4.78 is 4.78. The van der Waals surface area contributed by atoms with Gasteiger partial charge >= 0.3 is 5.97 Å². The number of pyridine rings is 1. The lowest BCUT2D eigenvalue weighted by Crippen LogP contribution is -2.00. The molecule has 1 rings (SSSR count). The minimum Gasteiger partial charge on any atom is -0.463 e. The van der Waals surface area contributed by atoms with Crippen LogP contribution in [0.2, 0.25) is 5.15 Å². The van der Waals surface area contributed by atoms with E-state index < -0.39 is 0 Å². The second-order valence-corrected chi connectivity index (χ2v) is 3.70. The summed E-state index contributed by atoms with van der Waals surface area (Å²) in [5.74, 6) is -0.217. The van der Waals surface area contributed by atoms with Crippen molar-refractivity contribution in [2.45, 2.75) is 19.8 Å². The topological polar surface area (TPSA) is 39.2 Å². The van der Waals surface area contributed by atoms with Crippen LogP contribution in [0.15, 0.2) is 30.5 Å². The van der Waals surface area contributed by atoms with Gasteiger partial charge in [0.1, 0.15) is 5.15 Å². The van der Waals surface area contributed by atoms with Crippen LogP contribution >= 0.6 is 11.6 Å². The molecule has 0 radical (unpaired) electrons. The van der Waals surface area contributed by atoms with Crippen molar-refractivity contribution in [3.05, 3.63) is 41.2 Å². The quantitative estimate of drug-likeness (QED) is 0.461. The molecule has 0 aliphatic rings. The summed E-state index contributed by atoms with van der Waals surface area (Å²) in [7, 11) is 0. The highest BCUT2D eigenvalue weighted by atomic mass is 35.5. The fourth-order valence-corrected chi connectivity index (χ4v) is 1.29. The van der Waals surface area contributed by atoms with Gasteiger partial charge in [-0.1, -0.05) is 30.7 Å². The third-order valence-electron chi connectivity index (χ3n) is 2.08. The third-order valence-corrected chi connectivity index (χ3v) is 2.31. The molecule has 0 amide bonds. The van der Waals surface area contributed by atoms with Crippen LogP contribution in [0.5, 0.6) is 0 Å². The van der Waals surface area contributed by atoms with Crippen LogP contribution in [0.4, 0.5) is 0 Å². The van der Waals surface area contributed by atoms with Crippen molar-refractivity contribution in [3.63, 3.8) is 0 Å². The fourth-order valence-electron chi connectivity index (χ4n) is 1.18. The largest absolute Gasteiger partial charge is 0.463 e. The van der Waals surface area contributed by atoms with Gasteiger partial charge in [-0.2, -0.15) is 0 Å². The van der Waals surface area contributed by atoms with E-state index in [2.05, 4.69) is 4.98 Å². The van der Waals surface area contributed by atoms with Crippen molar-refractivity contribution in [2.75, 3.05) is 6.61 Å². The Morgan fingerprint density at radius 3 is 2.94 bits per heavy atom. The lowest BCUT2D eigenvalue weighted by atomic mass is 10.0. The molecule has 0 saturated carbocycles. The van der Waals surface area contributed by atoms with Crippen molar-refractivity contribution in [1.29, 1.82) is 0 Å². The second-order valence-electron chi connectivity index (χ2n) is 3.31. The number of halogens is 1. The summed E-state index contributed by atoms with van der Waals surface area (Å²) in [6.45, 7) is 4.14. The standard InChI is InChI=1S/C12H14ClNO2/c1-3-16-12(15)7-4-9(2)10-5-6-11(13)14-8-10/h4-9H,3H2,1-2H3/b7-4-/t9-/m0/s1. The smallest absolute Gasteiger partial charge is 0.330 e. The third kappa shape index (κ3) is 4.03. The molecule has 4 heteroatoms. The van der Waals surface area contributed by atoms with Crippen LogP contribution < -0.4 is 0 Å². The summed E-state index contributed by atoms with van der Waals surface area (Å²) in [5, 5.41) is 0.463. The molecule has 0 bridgehead atoms. The van der Waals surface area contributed by atoms with Crippen molar-refractivity contribution in [2.24, 2.45) is 0 Å². The van der Waals surface area contributed by atoms with Crippen molar-refractivity contribution >= 4 is 17.6 Å². The average Bonchev–Trinajstić information content (AvgIpc) is 2.27. The van der Waals surface area contributed by atoms with E-state index in [4.69, 9.17) is 16.3 Å². The first-order chi connectivity index (χ1) is 7.63. The number of carbonyl (C=O) groups is 1.